The lowest BCUT2D eigenvalue weighted by Crippen LogP contribution is -2.26. The summed E-state index contributed by atoms with van der Waals surface area (Å²) >= 11 is 0. The number of fused-ring (bicyclic) bond motifs is 20. The van der Waals surface area contributed by atoms with Gasteiger partial charge in [0, 0.05) is 44.3 Å². The van der Waals surface area contributed by atoms with Crippen molar-refractivity contribution in [2.45, 2.75) is 44.9 Å². The number of rotatable bonds is 8. The molecule has 0 amide bonds. The van der Waals surface area contributed by atoms with Crippen molar-refractivity contribution in [2.75, 3.05) is 9.80 Å². The fraction of sp³-hybridized carbons (Fsp3) is 0.0933. The van der Waals surface area contributed by atoms with Crippen molar-refractivity contribution in [3.05, 3.63) is 276 Å². The van der Waals surface area contributed by atoms with Crippen LogP contribution in [0.15, 0.2) is 251 Å². The van der Waals surface area contributed by atoms with Crippen molar-refractivity contribution in [1.82, 2.24) is 0 Å². The number of para-hydroxylation sites is 6. The van der Waals surface area contributed by atoms with E-state index in [4.69, 9.17) is 8.83 Å². The van der Waals surface area contributed by atoms with Crippen LogP contribution in [0.25, 0.3) is 87.7 Å². The van der Waals surface area contributed by atoms with Crippen LogP contribution >= 0.6 is 0 Å². The second kappa shape index (κ2) is 17.2. The highest BCUT2D eigenvalue weighted by Gasteiger charge is 2.53. The fourth-order valence-electron chi connectivity index (χ4n) is 14.0. The molecule has 0 bridgehead atoms. The van der Waals surface area contributed by atoms with E-state index >= 15 is 0 Å². The molecule has 4 nitrogen and oxygen atoms in total. The first-order valence-electron chi connectivity index (χ1n) is 27.8. The predicted octanol–water partition coefficient (Wildman–Crippen LogP) is 21.3. The summed E-state index contributed by atoms with van der Waals surface area (Å²) in [7, 11) is 0. The summed E-state index contributed by atoms with van der Waals surface area (Å²) < 4.78 is 14.0. The molecule has 12 aromatic carbocycles. The van der Waals surface area contributed by atoms with E-state index in [1.165, 1.54) is 77.2 Å². The Balaban J connectivity index is 0.914. The van der Waals surface area contributed by atoms with Crippen LogP contribution < -0.4 is 9.80 Å². The Hall–Kier alpha value is -9.64. The molecule has 0 atom stereocenters. The van der Waals surface area contributed by atoms with Gasteiger partial charge in [-0.1, -0.05) is 210 Å². The van der Waals surface area contributed by atoms with Gasteiger partial charge < -0.3 is 18.6 Å². The summed E-state index contributed by atoms with van der Waals surface area (Å²) in [6.07, 6.45) is 0. The number of anilines is 6. The molecule has 1 spiro atoms. The number of hydrogen-bond acceptors (Lipinski definition) is 4. The fourth-order valence-corrected chi connectivity index (χ4v) is 14.0. The average molecular weight is 1020 g/mol. The van der Waals surface area contributed by atoms with Gasteiger partial charge in [-0.15, -0.1) is 0 Å². The van der Waals surface area contributed by atoms with Gasteiger partial charge in [-0.3, -0.25) is 0 Å². The topological polar surface area (TPSA) is 32.8 Å². The molecule has 2 aliphatic rings. The van der Waals surface area contributed by atoms with Crippen molar-refractivity contribution in [1.29, 1.82) is 0 Å². The molecule has 2 aromatic heterocycles. The van der Waals surface area contributed by atoms with Crippen molar-refractivity contribution >= 4 is 99.5 Å². The third-order valence-corrected chi connectivity index (χ3v) is 17.3. The summed E-state index contributed by atoms with van der Waals surface area (Å²) in [4.78, 5) is 4.75. The molecule has 79 heavy (non-hydrogen) atoms. The minimum absolute atomic E-state index is 0.322. The largest absolute Gasteiger partial charge is 0.454 e. The predicted molar refractivity (Wildman–Crippen MR) is 330 cm³/mol. The Kier molecular flexibility index (Phi) is 9.91. The van der Waals surface area contributed by atoms with Crippen LogP contribution in [-0.2, 0) is 5.41 Å². The molecule has 14 aromatic rings. The average Bonchev–Trinajstić information content (AvgIpc) is 4.19. The van der Waals surface area contributed by atoms with Crippen LogP contribution in [0.5, 0.6) is 0 Å². The molecule has 0 saturated carbocycles. The number of benzene rings is 12. The lowest BCUT2D eigenvalue weighted by atomic mass is 9.68. The Morgan fingerprint density at radius 2 is 0.696 bits per heavy atom. The molecule has 0 radical (unpaired) electrons. The highest BCUT2D eigenvalue weighted by atomic mass is 16.3. The lowest BCUT2D eigenvalue weighted by Gasteiger charge is -2.33. The van der Waals surface area contributed by atoms with Gasteiger partial charge in [0.1, 0.15) is 11.2 Å². The molecule has 2 aliphatic carbocycles. The first kappa shape index (κ1) is 45.5. The summed E-state index contributed by atoms with van der Waals surface area (Å²) in [6, 6.07) is 89.7. The van der Waals surface area contributed by atoms with Crippen LogP contribution in [0.1, 0.15) is 72.9 Å². The normalized spacial score (nSPS) is 13.1. The molecule has 0 N–H and O–H groups in total. The maximum absolute atomic E-state index is 7.00. The zero-order chi connectivity index (χ0) is 52.7. The highest BCUT2D eigenvalue weighted by molar-refractivity contribution is 6.14. The molecular weight excluding hydrogens is 961 g/mol. The van der Waals surface area contributed by atoms with E-state index in [1.807, 2.05) is 0 Å². The SMILES string of the molecule is CC(C)c1cccc2c1oc1c(N(c3ccccc3)c3ccc4c5c(ccc4c3)-c3ccc4cc(N(c6ccccc6)c6cccc7c6oc6c(C(C)C)cccc67)ccc4c3C53c4ccccc4-c4ccccc43)cccc12. The van der Waals surface area contributed by atoms with Crippen molar-refractivity contribution < 1.29 is 8.83 Å². The van der Waals surface area contributed by atoms with Crippen LogP contribution in [0.3, 0.4) is 0 Å². The van der Waals surface area contributed by atoms with Crippen molar-refractivity contribution in [2.24, 2.45) is 0 Å². The molecular formula is C75H54N2O2. The molecule has 2 heterocycles. The summed E-state index contributed by atoms with van der Waals surface area (Å²) in [6.45, 7) is 8.95. The van der Waals surface area contributed by atoms with Gasteiger partial charge in [-0.25, -0.2) is 0 Å². The zero-order valence-corrected chi connectivity index (χ0v) is 44.5. The molecule has 0 unspecified atom stereocenters. The van der Waals surface area contributed by atoms with Gasteiger partial charge in [0.25, 0.3) is 0 Å². The number of furan rings is 2. The van der Waals surface area contributed by atoms with E-state index in [0.717, 1.165) is 78.0 Å². The lowest BCUT2D eigenvalue weighted by molar-refractivity contribution is 0.657. The second-order valence-corrected chi connectivity index (χ2v) is 22.2. The van der Waals surface area contributed by atoms with Gasteiger partial charge in [0.2, 0.25) is 0 Å². The van der Waals surface area contributed by atoms with E-state index in [-0.39, 0.29) is 0 Å². The zero-order valence-electron chi connectivity index (χ0n) is 44.5. The third-order valence-electron chi connectivity index (χ3n) is 17.3. The monoisotopic (exact) mass is 1010 g/mol. The maximum Gasteiger partial charge on any atom is 0.159 e. The van der Waals surface area contributed by atoms with Crippen LogP contribution in [-0.4, -0.2) is 0 Å². The first-order chi connectivity index (χ1) is 38.9. The van der Waals surface area contributed by atoms with Gasteiger partial charge in [-0.05, 0) is 150 Å². The Morgan fingerprint density at radius 3 is 1.13 bits per heavy atom. The Labute approximate surface area is 459 Å². The molecule has 376 valence electrons. The van der Waals surface area contributed by atoms with Gasteiger partial charge >= 0.3 is 0 Å². The first-order valence-corrected chi connectivity index (χ1v) is 27.8. The van der Waals surface area contributed by atoms with Gasteiger partial charge in [0.05, 0.1) is 16.8 Å². The molecule has 4 heteroatoms. The Bertz CT molecular complexity index is 4500. The van der Waals surface area contributed by atoms with Crippen molar-refractivity contribution in [3.63, 3.8) is 0 Å². The van der Waals surface area contributed by atoms with E-state index in [0.29, 0.717) is 11.8 Å². The van der Waals surface area contributed by atoms with Gasteiger partial charge in [-0.2, -0.15) is 0 Å². The number of nitrogens with zero attached hydrogens (tertiary/aromatic N) is 2. The molecule has 0 aliphatic heterocycles. The van der Waals surface area contributed by atoms with E-state index in [9.17, 15) is 0 Å². The van der Waals surface area contributed by atoms with Crippen LogP contribution in [0.4, 0.5) is 34.1 Å². The van der Waals surface area contributed by atoms with Crippen LogP contribution in [0, 0.1) is 0 Å². The van der Waals surface area contributed by atoms with Crippen LogP contribution in [0.2, 0.25) is 0 Å². The number of hydrogen-bond donors (Lipinski definition) is 0. The summed E-state index contributed by atoms with van der Waals surface area (Å²) in [5.41, 5.74) is 22.2. The van der Waals surface area contributed by atoms with E-state index in [1.54, 1.807) is 0 Å². The quantitative estimate of drug-likeness (QED) is 0.152. The molecule has 0 fully saturated rings. The van der Waals surface area contributed by atoms with E-state index < -0.39 is 5.41 Å². The smallest absolute Gasteiger partial charge is 0.159 e. The second-order valence-electron chi connectivity index (χ2n) is 22.2. The summed E-state index contributed by atoms with van der Waals surface area (Å²) in [5.74, 6) is 0.644. The molecule has 0 saturated heterocycles. The van der Waals surface area contributed by atoms with E-state index in [2.05, 4.69) is 280 Å². The highest BCUT2D eigenvalue weighted by Crippen LogP contribution is 2.66. The van der Waals surface area contributed by atoms with Crippen molar-refractivity contribution in [3.8, 4) is 22.3 Å². The molecule has 16 rings (SSSR count). The van der Waals surface area contributed by atoms with Gasteiger partial charge in [0.15, 0.2) is 11.2 Å². The Morgan fingerprint density at radius 1 is 0.304 bits per heavy atom. The minimum atomic E-state index is -0.611. The minimum Gasteiger partial charge on any atom is -0.454 e. The standard InChI is InChI=1S/C75H54N2O2/c1-45(2)53-25-15-27-61-63-29-17-33-67(73(63)78-71(53)61)76(49-19-7-5-8-20-49)51-37-41-55-47(43-51)35-39-59-60-40-36-48-44-52(38-42-56(48)70(60)75(69(55)59)65-31-13-11-23-57(65)58-24-12-14-32-66(58)75)77(50-21-9-6-10-22-50)68-34-18-30-64-62-28-16-26-54(46(3)4)72(62)79-74(64)68/h5-46H,1-4H3. The maximum atomic E-state index is 7.00. The summed E-state index contributed by atoms with van der Waals surface area (Å²) in [5, 5.41) is 9.34. The third kappa shape index (κ3) is 6.43.